The van der Waals surface area contributed by atoms with E-state index in [4.69, 9.17) is 0 Å². The maximum Gasteiger partial charge on any atom is 0.250 e. The van der Waals surface area contributed by atoms with Gasteiger partial charge in [-0.3, -0.25) is 9.89 Å². The molecular formula is C9H9N3O. The van der Waals surface area contributed by atoms with Crippen molar-refractivity contribution in [3.63, 3.8) is 0 Å². The van der Waals surface area contributed by atoms with Crippen LogP contribution in [0, 0.1) is 0 Å². The molecule has 1 N–H and O–H groups in total. The van der Waals surface area contributed by atoms with Gasteiger partial charge < -0.3 is 4.57 Å². The molecule has 0 radical (unpaired) electrons. The molecule has 2 aromatic heterocycles. The lowest BCUT2D eigenvalue weighted by Gasteiger charge is -1.99. The Kier molecular flexibility index (Phi) is 1.73. The summed E-state index contributed by atoms with van der Waals surface area (Å²) < 4.78 is 1.54. The maximum atomic E-state index is 11.1. The van der Waals surface area contributed by atoms with Crippen LogP contribution in [0.5, 0.6) is 0 Å². The Bertz CT molecular complexity index is 456. The number of nitrogens with zero attached hydrogens (tertiary/aromatic N) is 2. The third-order valence-corrected chi connectivity index (χ3v) is 1.92. The number of hydrogen-bond donors (Lipinski definition) is 1. The van der Waals surface area contributed by atoms with Crippen molar-refractivity contribution >= 4 is 0 Å². The third-order valence-electron chi connectivity index (χ3n) is 1.92. The van der Waals surface area contributed by atoms with E-state index in [1.54, 1.807) is 42.3 Å². The molecule has 4 nitrogen and oxygen atoms in total. The topological polar surface area (TPSA) is 50.7 Å². The maximum absolute atomic E-state index is 11.1. The number of aromatic nitrogens is 3. The van der Waals surface area contributed by atoms with Gasteiger partial charge in [-0.15, -0.1) is 0 Å². The molecule has 2 aromatic rings. The molecule has 0 saturated heterocycles. The van der Waals surface area contributed by atoms with E-state index < -0.39 is 0 Å². The highest BCUT2D eigenvalue weighted by Gasteiger charge is 1.98. The minimum Gasteiger partial charge on any atom is -0.318 e. The lowest BCUT2D eigenvalue weighted by Crippen LogP contribution is -2.13. The molecule has 0 aromatic carbocycles. The molecule has 2 heterocycles. The normalized spacial score (nSPS) is 10.2. The summed E-state index contributed by atoms with van der Waals surface area (Å²) in [6.07, 6.45) is 5.30. The Hall–Kier alpha value is -1.84. The molecule has 4 heteroatoms. The van der Waals surface area contributed by atoms with Crippen molar-refractivity contribution in [2.24, 2.45) is 7.05 Å². The molecule has 0 spiro atoms. The molecule has 0 amide bonds. The van der Waals surface area contributed by atoms with E-state index in [1.807, 2.05) is 0 Å². The third kappa shape index (κ3) is 1.38. The molecule has 66 valence electrons. The SMILES string of the molecule is Cn1cc(-c2cn[nH]c2)ccc1=O. The summed E-state index contributed by atoms with van der Waals surface area (Å²) in [6, 6.07) is 3.33. The highest BCUT2D eigenvalue weighted by atomic mass is 16.1. The fraction of sp³-hybridized carbons (Fsp3) is 0.111. The van der Waals surface area contributed by atoms with E-state index in [1.165, 1.54) is 0 Å². The second-order valence-corrected chi connectivity index (χ2v) is 2.85. The van der Waals surface area contributed by atoms with Gasteiger partial charge in [-0.1, -0.05) is 0 Å². The van der Waals surface area contributed by atoms with E-state index in [0.717, 1.165) is 11.1 Å². The van der Waals surface area contributed by atoms with Crippen molar-refractivity contribution in [3.05, 3.63) is 41.1 Å². The second-order valence-electron chi connectivity index (χ2n) is 2.85. The van der Waals surface area contributed by atoms with Crippen LogP contribution in [0.4, 0.5) is 0 Å². The van der Waals surface area contributed by atoms with Crippen LogP contribution in [0.15, 0.2) is 35.5 Å². The Morgan fingerprint density at radius 2 is 2.23 bits per heavy atom. The lowest BCUT2D eigenvalue weighted by molar-refractivity contribution is 0.862. The van der Waals surface area contributed by atoms with Gasteiger partial charge in [-0.2, -0.15) is 5.10 Å². The molecule has 0 atom stereocenters. The number of nitrogens with one attached hydrogen (secondary N) is 1. The number of aromatic amines is 1. The van der Waals surface area contributed by atoms with E-state index in [0.29, 0.717) is 0 Å². The van der Waals surface area contributed by atoms with Crippen LogP contribution in [0.25, 0.3) is 11.1 Å². The Morgan fingerprint density at radius 1 is 1.38 bits per heavy atom. The van der Waals surface area contributed by atoms with Gasteiger partial charge in [0, 0.05) is 36.6 Å². The standard InChI is InChI=1S/C9H9N3O/c1-12-6-7(2-3-9(12)13)8-4-10-11-5-8/h2-6H,1H3,(H,10,11). The Morgan fingerprint density at radius 3 is 2.85 bits per heavy atom. The average molecular weight is 175 g/mol. The van der Waals surface area contributed by atoms with Gasteiger partial charge in [0.15, 0.2) is 0 Å². The zero-order chi connectivity index (χ0) is 9.26. The molecule has 0 aliphatic rings. The van der Waals surface area contributed by atoms with Crippen molar-refractivity contribution in [2.45, 2.75) is 0 Å². The van der Waals surface area contributed by atoms with Crippen LogP contribution < -0.4 is 5.56 Å². The number of pyridine rings is 1. The van der Waals surface area contributed by atoms with E-state index in [-0.39, 0.29) is 5.56 Å². The van der Waals surface area contributed by atoms with Crippen LogP contribution in [-0.2, 0) is 7.05 Å². The zero-order valence-electron chi connectivity index (χ0n) is 7.19. The van der Waals surface area contributed by atoms with Gasteiger partial charge in [0.25, 0.3) is 0 Å². The smallest absolute Gasteiger partial charge is 0.250 e. The van der Waals surface area contributed by atoms with Gasteiger partial charge in [0.05, 0.1) is 6.20 Å². The predicted molar refractivity (Wildman–Crippen MR) is 49.3 cm³/mol. The average Bonchev–Trinajstić information content (AvgIpc) is 2.62. The van der Waals surface area contributed by atoms with Gasteiger partial charge in [0.2, 0.25) is 5.56 Å². The molecule has 0 fully saturated rings. The molecular weight excluding hydrogens is 166 g/mol. The van der Waals surface area contributed by atoms with Crippen molar-refractivity contribution in [2.75, 3.05) is 0 Å². The van der Waals surface area contributed by atoms with Gasteiger partial charge in [-0.05, 0) is 6.07 Å². The minimum absolute atomic E-state index is 0.00718. The summed E-state index contributed by atoms with van der Waals surface area (Å²) in [5.74, 6) is 0. The first-order chi connectivity index (χ1) is 6.27. The Balaban J connectivity index is 2.55. The predicted octanol–water partition coefficient (Wildman–Crippen LogP) is 0.775. The summed E-state index contributed by atoms with van der Waals surface area (Å²) >= 11 is 0. The molecule has 0 unspecified atom stereocenters. The van der Waals surface area contributed by atoms with E-state index >= 15 is 0 Å². The molecule has 0 aliphatic carbocycles. The fourth-order valence-electron chi connectivity index (χ4n) is 1.17. The van der Waals surface area contributed by atoms with Crippen molar-refractivity contribution in [1.29, 1.82) is 0 Å². The first kappa shape index (κ1) is 7.79. The summed E-state index contributed by atoms with van der Waals surface area (Å²) in [5, 5.41) is 6.56. The molecule has 0 saturated carbocycles. The van der Waals surface area contributed by atoms with Crippen LogP contribution in [-0.4, -0.2) is 14.8 Å². The van der Waals surface area contributed by atoms with Crippen LogP contribution >= 0.6 is 0 Å². The number of rotatable bonds is 1. The lowest BCUT2D eigenvalue weighted by atomic mass is 10.2. The van der Waals surface area contributed by atoms with Gasteiger partial charge in [0.1, 0.15) is 0 Å². The largest absolute Gasteiger partial charge is 0.318 e. The number of hydrogen-bond acceptors (Lipinski definition) is 2. The second kappa shape index (κ2) is 2.90. The first-order valence-corrected chi connectivity index (χ1v) is 3.93. The summed E-state index contributed by atoms with van der Waals surface area (Å²) in [7, 11) is 1.73. The fourth-order valence-corrected chi connectivity index (χ4v) is 1.17. The monoisotopic (exact) mass is 175 g/mol. The number of aryl methyl sites for hydroxylation is 1. The first-order valence-electron chi connectivity index (χ1n) is 3.93. The van der Waals surface area contributed by atoms with Crippen molar-refractivity contribution < 1.29 is 0 Å². The van der Waals surface area contributed by atoms with Gasteiger partial charge in [-0.25, -0.2) is 0 Å². The quantitative estimate of drug-likeness (QED) is 0.696. The minimum atomic E-state index is -0.00718. The Labute approximate surface area is 74.8 Å². The van der Waals surface area contributed by atoms with E-state index in [9.17, 15) is 4.79 Å². The van der Waals surface area contributed by atoms with Crippen molar-refractivity contribution in [1.82, 2.24) is 14.8 Å². The van der Waals surface area contributed by atoms with E-state index in [2.05, 4.69) is 10.2 Å². The number of H-pyrrole nitrogens is 1. The zero-order valence-corrected chi connectivity index (χ0v) is 7.19. The van der Waals surface area contributed by atoms with Crippen LogP contribution in [0.1, 0.15) is 0 Å². The molecule has 13 heavy (non-hydrogen) atoms. The summed E-state index contributed by atoms with van der Waals surface area (Å²) in [4.78, 5) is 11.1. The van der Waals surface area contributed by atoms with Crippen LogP contribution in [0.3, 0.4) is 0 Å². The summed E-state index contributed by atoms with van der Waals surface area (Å²) in [6.45, 7) is 0. The highest BCUT2D eigenvalue weighted by Crippen LogP contribution is 2.14. The van der Waals surface area contributed by atoms with Crippen molar-refractivity contribution in [3.8, 4) is 11.1 Å². The molecule has 0 aliphatic heterocycles. The highest BCUT2D eigenvalue weighted by molar-refractivity contribution is 5.59. The summed E-state index contributed by atoms with van der Waals surface area (Å²) in [5.41, 5.74) is 1.96. The van der Waals surface area contributed by atoms with Crippen LogP contribution in [0.2, 0.25) is 0 Å². The van der Waals surface area contributed by atoms with Gasteiger partial charge >= 0.3 is 0 Å². The molecule has 2 rings (SSSR count). The molecule has 0 bridgehead atoms.